The lowest BCUT2D eigenvalue weighted by Crippen LogP contribution is -2.42. The Hall–Kier alpha value is -2.47. The van der Waals surface area contributed by atoms with Gasteiger partial charge in [0.1, 0.15) is 0 Å². The molecule has 2 aromatic rings. The molecule has 2 aromatic heterocycles. The van der Waals surface area contributed by atoms with Crippen LogP contribution in [0.1, 0.15) is 24.5 Å². The summed E-state index contributed by atoms with van der Waals surface area (Å²) in [5, 5.41) is 10.2. The fourth-order valence-corrected chi connectivity index (χ4v) is 2.81. The van der Waals surface area contributed by atoms with Crippen LogP contribution in [0.3, 0.4) is 0 Å². The molecule has 1 aliphatic rings. The molecule has 24 heavy (non-hydrogen) atoms. The van der Waals surface area contributed by atoms with Gasteiger partial charge in [-0.25, -0.2) is 4.98 Å². The molecule has 1 aliphatic heterocycles. The maximum absolute atomic E-state index is 12.4. The first kappa shape index (κ1) is 16.4. The van der Waals surface area contributed by atoms with E-state index in [2.05, 4.69) is 9.97 Å². The second-order valence-electron chi connectivity index (χ2n) is 5.94. The molecule has 3 heterocycles. The number of rotatable bonds is 5. The second-order valence-corrected chi connectivity index (χ2v) is 5.94. The number of hydrogen-bond acceptors (Lipinski definition) is 5. The van der Waals surface area contributed by atoms with Crippen molar-refractivity contribution < 1.29 is 14.6 Å². The van der Waals surface area contributed by atoms with Gasteiger partial charge in [-0.2, -0.15) is 0 Å². The summed E-state index contributed by atoms with van der Waals surface area (Å²) in [5.74, 6) is 0.765. The number of ether oxygens (including phenoxy) is 1. The van der Waals surface area contributed by atoms with Gasteiger partial charge in [0.25, 0.3) is 5.91 Å². The largest absolute Gasteiger partial charge is 0.477 e. The van der Waals surface area contributed by atoms with Crippen molar-refractivity contribution in [3.05, 3.63) is 54.5 Å². The lowest BCUT2D eigenvalue weighted by atomic mass is 9.97. The van der Waals surface area contributed by atoms with E-state index in [1.54, 1.807) is 29.4 Å². The molecule has 126 valence electrons. The van der Waals surface area contributed by atoms with Gasteiger partial charge in [-0.05, 0) is 30.9 Å². The lowest BCUT2D eigenvalue weighted by Gasteiger charge is -2.33. The summed E-state index contributed by atoms with van der Waals surface area (Å²) in [7, 11) is 0. The minimum atomic E-state index is -1.14. The molecule has 0 aliphatic carbocycles. The normalized spacial score (nSPS) is 16.6. The average molecular weight is 327 g/mol. The zero-order chi connectivity index (χ0) is 16.8. The molecule has 1 amide bonds. The molecule has 0 aromatic carbocycles. The number of aliphatic hydroxyl groups excluding tert-OH is 1. The maximum Gasteiger partial charge on any atom is 0.256 e. The SMILES string of the molecule is O=C(C(O)c1cccnc1)N1CCC(COc2ccccn2)CC1. The van der Waals surface area contributed by atoms with Gasteiger partial charge in [0.15, 0.2) is 6.10 Å². The Morgan fingerprint density at radius 3 is 2.75 bits per heavy atom. The molecule has 6 heteroatoms. The fourth-order valence-electron chi connectivity index (χ4n) is 2.81. The third kappa shape index (κ3) is 4.08. The van der Waals surface area contributed by atoms with E-state index in [1.165, 1.54) is 6.20 Å². The van der Waals surface area contributed by atoms with Crippen LogP contribution in [0, 0.1) is 5.92 Å². The highest BCUT2D eigenvalue weighted by molar-refractivity contribution is 5.82. The van der Waals surface area contributed by atoms with Crippen LogP contribution in [0.5, 0.6) is 5.88 Å². The van der Waals surface area contributed by atoms with E-state index in [0.29, 0.717) is 37.1 Å². The maximum atomic E-state index is 12.4. The average Bonchev–Trinajstić information content (AvgIpc) is 2.67. The Balaban J connectivity index is 1.47. The van der Waals surface area contributed by atoms with Crippen molar-refractivity contribution in [2.45, 2.75) is 18.9 Å². The van der Waals surface area contributed by atoms with Crippen molar-refractivity contribution in [1.29, 1.82) is 0 Å². The number of amides is 1. The number of nitrogens with zero attached hydrogens (tertiary/aromatic N) is 3. The molecule has 1 N–H and O–H groups in total. The standard InChI is InChI=1S/C18H21N3O3/c22-17(15-4-3-8-19-12-15)18(23)21-10-6-14(7-11-21)13-24-16-5-1-2-9-20-16/h1-5,8-9,12,14,17,22H,6-7,10-11,13H2. The first-order valence-corrected chi connectivity index (χ1v) is 8.14. The van der Waals surface area contributed by atoms with Crippen molar-refractivity contribution in [3.63, 3.8) is 0 Å². The number of aromatic nitrogens is 2. The van der Waals surface area contributed by atoms with Gasteiger partial charge in [-0.1, -0.05) is 12.1 Å². The highest BCUT2D eigenvalue weighted by Crippen LogP contribution is 2.22. The summed E-state index contributed by atoms with van der Waals surface area (Å²) in [5.41, 5.74) is 0.531. The number of likely N-dealkylation sites (tertiary alicyclic amines) is 1. The van der Waals surface area contributed by atoms with Crippen molar-refractivity contribution in [1.82, 2.24) is 14.9 Å². The van der Waals surface area contributed by atoms with Gasteiger partial charge in [0.05, 0.1) is 6.61 Å². The van der Waals surface area contributed by atoms with Crippen molar-refractivity contribution >= 4 is 5.91 Å². The Labute approximate surface area is 141 Å². The fraction of sp³-hybridized carbons (Fsp3) is 0.389. The van der Waals surface area contributed by atoms with E-state index in [0.717, 1.165) is 12.8 Å². The zero-order valence-corrected chi connectivity index (χ0v) is 13.4. The van der Waals surface area contributed by atoms with Gasteiger partial charge in [0, 0.05) is 43.3 Å². The minimum absolute atomic E-state index is 0.257. The highest BCUT2D eigenvalue weighted by Gasteiger charge is 2.28. The van der Waals surface area contributed by atoms with E-state index >= 15 is 0 Å². The summed E-state index contributed by atoms with van der Waals surface area (Å²) in [6.45, 7) is 1.86. The van der Waals surface area contributed by atoms with Crippen LogP contribution >= 0.6 is 0 Å². The summed E-state index contributed by atoms with van der Waals surface area (Å²) >= 11 is 0. The predicted molar refractivity (Wildman–Crippen MR) is 88.2 cm³/mol. The Morgan fingerprint density at radius 2 is 2.08 bits per heavy atom. The molecule has 6 nitrogen and oxygen atoms in total. The molecule has 1 unspecified atom stereocenters. The Bertz CT molecular complexity index is 643. The van der Waals surface area contributed by atoms with E-state index in [-0.39, 0.29) is 5.91 Å². The van der Waals surface area contributed by atoms with Gasteiger partial charge in [0.2, 0.25) is 5.88 Å². The van der Waals surface area contributed by atoms with Crippen molar-refractivity contribution in [2.24, 2.45) is 5.92 Å². The third-order valence-electron chi connectivity index (χ3n) is 4.26. The lowest BCUT2D eigenvalue weighted by molar-refractivity contribution is -0.142. The number of carbonyl (C=O) groups is 1. The first-order valence-electron chi connectivity index (χ1n) is 8.14. The quantitative estimate of drug-likeness (QED) is 0.907. The van der Waals surface area contributed by atoms with Crippen LogP contribution < -0.4 is 4.74 Å². The monoisotopic (exact) mass is 327 g/mol. The zero-order valence-electron chi connectivity index (χ0n) is 13.4. The van der Waals surface area contributed by atoms with Crippen LogP contribution in [0.4, 0.5) is 0 Å². The van der Waals surface area contributed by atoms with Crippen LogP contribution in [0.2, 0.25) is 0 Å². The van der Waals surface area contributed by atoms with Gasteiger partial charge in [-0.15, -0.1) is 0 Å². The second kappa shape index (κ2) is 7.88. The molecule has 0 bridgehead atoms. The summed E-state index contributed by atoms with van der Waals surface area (Å²) in [6, 6.07) is 9.01. The summed E-state index contributed by atoms with van der Waals surface area (Å²) in [6.07, 6.45) is 5.43. The van der Waals surface area contributed by atoms with E-state index < -0.39 is 6.10 Å². The number of carbonyl (C=O) groups excluding carboxylic acids is 1. The first-order chi connectivity index (χ1) is 11.7. The molecule has 1 saturated heterocycles. The van der Waals surface area contributed by atoms with E-state index in [4.69, 9.17) is 4.74 Å². The van der Waals surface area contributed by atoms with Crippen LogP contribution in [0.25, 0.3) is 0 Å². The third-order valence-corrected chi connectivity index (χ3v) is 4.26. The minimum Gasteiger partial charge on any atom is -0.477 e. The number of pyridine rings is 2. The molecular formula is C18H21N3O3. The van der Waals surface area contributed by atoms with Crippen LogP contribution in [0.15, 0.2) is 48.9 Å². The molecular weight excluding hydrogens is 306 g/mol. The van der Waals surface area contributed by atoms with Crippen molar-refractivity contribution in [2.75, 3.05) is 19.7 Å². The van der Waals surface area contributed by atoms with E-state index in [1.807, 2.05) is 18.2 Å². The topological polar surface area (TPSA) is 75.5 Å². The van der Waals surface area contributed by atoms with Crippen LogP contribution in [-0.4, -0.2) is 45.6 Å². The molecule has 0 spiro atoms. The Morgan fingerprint density at radius 1 is 1.25 bits per heavy atom. The molecule has 0 radical (unpaired) electrons. The van der Waals surface area contributed by atoms with Crippen LogP contribution in [-0.2, 0) is 4.79 Å². The van der Waals surface area contributed by atoms with Gasteiger partial charge >= 0.3 is 0 Å². The Kier molecular flexibility index (Phi) is 5.38. The van der Waals surface area contributed by atoms with E-state index in [9.17, 15) is 9.90 Å². The summed E-state index contributed by atoms with van der Waals surface area (Å²) in [4.78, 5) is 22.2. The van der Waals surface area contributed by atoms with Gasteiger partial charge < -0.3 is 14.7 Å². The number of piperidine rings is 1. The summed E-state index contributed by atoms with van der Waals surface area (Å²) < 4.78 is 5.69. The predicted octanol–water partition coefficient (Wildman–Crippen LogP) is 1.83. The molecule has 0 saturated carbocycles. The molecule has 1 atom stereocenters. The van der Waals surface area contributed by atoms with Crippen molar-refractivity contribution in [3.8, 4) is 5.88 Å². The molecule has 3 rings (SSSR count). The highest BCUT2D eigenvalue weighted by atomic mass is 16.5. The van der Waals surface area contributed by atoms with Gasteiger partial charge in [-0.3, -0.25) is 9.78 Å². The smallest absolute Gasteiger partial charge is 0.256 e. The molecule has 1 fully saturated rings. The number of aliphatic hydroxyl groups is 1. The number of hydrogen-bond donors (Lipinski definition) is 1.